The van der Waals surface area contributed by atoms with E-state index < -0.39 is 0 Å². The first-order valence-electron chi connectivity index (χ1n) is 5.96. The van der Waals surface area contributed by atoms with Crippen molar-refractivity contribution < 1.29 is 4.74 Å². The third kappa shape index (κ3) is 1.77. The van der Waals surface area contributed by atoms with Gasteiger partial charge in [0.15, 0.2) is 0 Å². The van der Waals surface area contributed by atoms with Gasteiger partial charge in [0.1, 0.15) is 11.6 Å². The number of benzene rings is 1. The summed E-state index contributed by atoms with van der Waals surface area (Å²) < 4.78 is 7.44. The van der Waals surface area contributed by atoms with Crippen molar-refractivity contribution in [2.45, 2.75) is 13.1 Å². The number of ether oxygens (including phenoxy) is 1. The van der Waals surface area contributed by atoms with Crippen LogP contribution in [0.15, 0.2) is 30.6 Å². The second-order valence-electron chi connectivity index (χ2n) is 4.38. The first kappa shape index (κ1) is 11.0. The molecule has 3 rings (SSSR count). The van der Waals surface area contributed by atoms with Crippen molar-refractivity contribution >= 4 is 11.4 Å². The third-order valence-corrected chi connectivity index (χ3v) is 3.33. The maximum atomic E-state index is 5.83. The molecule has 2 N–H and O–H groups in total. The SMILES string of the molecule is COc1cc(N2CCn3ccnc3C2)ccc1N. The first-order valence-corrected chi connectivity index (χ1v) is 5.96. The smallest absolute Gasteiger partial charge is 0.143 e. The largest absolute Gasteiger partial charge is 0.495 e. The Bertz CT molecular complexity index is 564. The van der Waals surface area contributed by atoms with Crippen LogP contribution in [0.25, 0.3) is 0 Å². The molecule has 2 aromatic rings. The number of hydrogen-bond donors (Lipinski definition) is 1. The van der Waals surface area contributed by atoms with Gasteiger partial charge in [-0.2, -0.15) is 0 Å². The van der Waals surface area contributed by atoms with Crippen LogP contribution in [0, 0.1) is 0 Å². The fourth-order valence-corrected chi connectivity index (χ4v) is 2.29. The number of nitrogen functional groups attached to an aromatic ring is 1. The summed E-state index contributed by atoms with van der Waals surface area (Å²) in [4.78, 5) is 6.64. The molecule has 0 aliphatic carbocycles. The summed E-state index contributed by atoms with van der Waals surface area (Å²) in [5, 5.41) is 0. The summed E-state index contributed by atoms with van der Waals surface area (Å²) in [5.41, 5.74) is 7.62. The van der Waals surface area contributed by atoms with E-state index in [1.807, 2.05) is 30.6 Å². The van der Waals surface area contributed by atoms with E-state index in [2.05, 4.69) is 14.5 Å². The summed E-state index contributed by atoms with van der Waals surface area (Å²) in [7, 11) is 1.64. The Labute approximate surface area is 106 Å². The van der Waals surface area contributed by atoms with Gasteiger partial charge in [-0.15, -0.1) is 0 Å². The van der Waals surface area contributed by atoms with Crippen molar-refractivity contribution in [1.29, 1.82) is 0 Å². The Hall–Kier alpha value is -2.17. The number of nitrogens with two attached hydrogens (primary N) is 1. The molecule has 0 bridgehead atoms. The molecule has 5 heteroatoms. The molecule has 1 aromatic heterocycles. The highest BCUT2D eigenvalue weighted by atomic mass is 16.5. The molecule has 18 heavy (non-hydrogen) atoms. The number of anilines is 2. The Kier molecular flexibility index (Phi) is 2.59. The molecule has 1 aliphatic rings. The van der Waals surface area contributed by atoms with Gasteiger partial charge in [-0.05, 0) is 12.1 Å². The third-order valence-electron chi connectivity index (χ3n) is 3.33. The van der Waals surface area contributed by atoms with Gasteiger partial charge in [-0.25, -0.2) is 4.98 Å². The summed E-state index contributed by atoms with van der Waals surface area (Å²) in [6.07, 6.45) is 3.87. The van der Waals surface area contributed by atoms with E-state index in [-0.39, 0.29) is 0 Å². The van der Waals surface area contributed by atoms with Gasteiger partial charge < -0.3 is 19.9 Å². The van der Waals surface area contributed by atoms with Crippen LogP contribution < -0.4 is 15.4 Å². The monoisotopic (exact) mass is 244 g/mol. The van der Waals surface area contributed by atoms with E-state index in [0.29, 0.717) is 5.69 Å². The maximum absolute atomic E-state index is 5.83. The van der Waals surface area contributed by atoms with Crippen LogP contribution in [0.2, 0.25) is 0 Å². The molecule has 0 amide bonds. The highest BCUT2D eigenvalue weighted by molar-refractivity contribution is 5.62. The molecule has 0 unspecified atom stereocenters. The number of nitrogens with zero attached hydrogens (tertiary/aromatic N) is 3. The molecule has 1 aliphatic heterocycles. The van der Waals surface area contributed by atoms with E-state index in [0.717, 1.165) is 36.9 Å². The fourth-order valence-electron chi connectivity index (χ4n) is 2.29. The normalized spacial score (nSPS) is 14.4. The van der Waals surface area contributed by atoms with Gasteiger partial charge in [0, 0.05) is 37.2 Å². The lowest BCUT2D eigenvalue weighted by Gasteiger charge is -2.29. The predicted octanol–water partition coefficient (Wildman–Crippen LogP) is 1.49. The minimum atomic E-state index is 0.666. The predicted molar refractivity (Wildman–Crippen MR) is 70.7 cm³/mol. The number of rotatable bonds is 2. The van der Waals surface area contributed by atoms with Crippen LogP contribution in [-0.4, -0.2) is 23.2 Å². The van der Waals surface area contributed by atoms with Gasteiger partial charge in [0.2, 0.25) is 0 Å². The van der Waals surface area contributed by atoms with Crippen LogP contribution in [0.5, 0.6) is 5.75 Å². The van der Waals surface area contributed by atoms with Crippen LogP contribution in [0.3, 0.4) is 0 Å². The zero-order valence-electron chi connectivity index (χ0n) is 10.3. The quantitative estimate of drug-likeness (QED) is 0.813. The Morgan fingerprint density at radius 1 is 1.33 bits per heavy atom. The van der Waals surface area contributed by atoms with Crippen molar-refractivity contribution in [3.05, 3.63) is 36.4 Å². The second-order valence-corrected chi connectivity index (χ2v) is 4.38. The van der Waals surface area contributed by atoms with Gasteiger partial charge in [0.05, 0.1) is 19.3 Å². The van der Waals surface area contributed by atoms with Crippen molar-refractivity contribution in [3.63, 3.8) is 0 Å². The highest BCUT2D eigenvalue weighted by Gasteiger charge is 2.17. The topological polar surface area (TPSA) is 56.3 Å². The summed E-state index contributed by atoms with van der Waals surface area (Å²) in [6, 6.07) is 5.89. The zero-order chi connectivity index (χ0) is 12.5. The first-order chi connectivity index (χ1) is 8.78. The molecule has 0 spiro atoms. The lowest BCUT2D eigenvalue weighted by atomic mass is 10.2. The standard InChI is InChI=1S/C13H16N4O/c1-18-12-8-10(2-3-11(12)14)17-7-6-16-5-4-15-13(16)9-17/h2-5,8H,6-7,9,14H2,1H3. The minimum absolute atomic E-state index is 0.666. The number of aromatic nitrogens is 2. The minimum Gasteiger partial charge on any atom is -0.495 e. The molecule has 0 saturated carbocycles. The molecule has 2 heterocycles. The average Bonchev–Trinajstić information content (AvgIpc) is 2.86. The van der Waals surface area contributed by atoms with Crippen molar-refractivity contribution in [3.8, 4) is 5.75 Å². The van der Waals surface area contributed by atoms with E-state index in [9.17, 15) is 0 Å². The van der Waals surface area contributed by atoms with Crippen LogP contribution in [-0.2, 0) is 13.1 Å². The molecular formula is C13H16N4O. The maximum Gasteiger partial charge on any atom is 0.143 e. The second kappa shape index (κ2) is 4.25. The van der Waals surface area contributed by atoms with E-state index in [1.165, 1.54) is 0 Å². The van der Waals surface area contributed by atoms with Gasteiger partial charge in [-0.3, -0.25) is 0 Å². The fraction of sp³-hybridized carbons (Fsp3) is 0.308. The molecule has 94 valence electrons. The van der Waals surface area contributed by atoms with Crippen LogP contribution in [0.1, 0.15) is 5.82 Å². The van der Waals surface area contributed by atoms with Crippen LogP contribution >= 0.6 is 0 Å². The van der Waals surface area contributed by atoms with Gasteiger partial charge >= 0.3 is 0 Å². The lowest BCUT2D eigenvalue weighted by Crippen LogP contribution is -2.33. The number of methoxy groups -OCH3 is 1. The molecule has 0 saturated heterocycles. The van der Waals surface area contributed by atoms with Crippen molar-refractivity contribution in [1.82, 2.24) is 9.55 Å². The molecular weight excluding hydrogens is 228 g/mol. The molecule has 0 radical (unpaired) electrons. The molecule has 0 atom stereocenters. The number of fused-ring (bicyclic) bond motifs is 1. The Balaban J connectivity index is 1.88. The van der Waals surface area contributed by atoms with Gasteiger partial charge in [-0.1, -0.05) is 0 Å². The summed E-state index contributed by atoms with van der Waals surface area (Å²) in [5.74, 6) is 1.82. The molecule has 5 nitrogen and oxygen atoms in total. The summed E-state index contributed by atoms with van der Waals surface area (Å²) in [6.45, 7) is 2.75. The van der Waals surface area contributed by atoms with Crippen molar-refractivity contribution in [2.24, 2.45) is 0 Å². The lowest BCUT2D eigenvalue weighted by molar-refractivity contribution is 0.416. The number of hydrogen-bond acceptors (Lipinski definition) is 4. The Morgan fingerprint density at radius 2 is 2.22 bits per heavy atom. The van der Waals surface area contributed by atoms with E-state index >= 15 is 0 Å². The molecule has 1 aromatic carbocycles. The highest BCUT2D eigenvalue weighted by Crippen LogP contribution is 2.29. The van der Waals surface area contributed by atoms with E-state index in [1.54, 1.807) is 7.11 Å². The van der Waals surface area contributed by atoms with Crippen LogP contribution in [0.4, 0.5) is 11.4 Å². The average molecular weight is 244 g/mol. The van der Waals surface area contributed by atoms with Crippen molar-refractivity contribution in [2.75, 3.05) is 24.3 Å². The molecule has 0 fully saturated rings. The Morgan fingerprint density at radius 3 is 3.06 bits per heavy atom. The number of imidazole rings is 1. The summed E-state index contributed by atoms with van der Waals surface area (Å²) >= 11 is 0. The zero-order valence-corrected chi connectivity index (χ0v) is 10.3. The van der Waals surface area contributed by atoms with Gasteiger partial charge in [0.25, 0.3) is 0 Å². The van der Waals surface area contributed by atoms with E-state index in [4.69, 9.17) is 10.5 Å².